The summed E-state index contributed by atoms with van der Waals surface area (Å²) in [5.41, 5.74) is 3.16. The van der Waals surface area contributed by atoms with E-state index >= 15 is 0 Å². The standard InChI is InChI=1S/C18H21N5O/c1-23-11-12(8-9-16(23)24)20-17-13-5-4-7-14(13)21-18(22-17)15-6-2-3-10-19-15/h2-3,6,10,12H,4-5,7-9,11H2,1H3,(H,20,21,22). The fourth-order valence-corrected chi connectivity index (χ4v) is 3.48. The molecule has 2 aliphatic rings. The summed E-state index contributed by atoms with van der Waals surface area (Å²) >= 11 is 0. The van der Waals surface area contributed by atoms with Gasteiger partial charge in [-0.25, -0.2) is 9.97 Å². The molecule has 3 heterocycles. The van der Waals surface area contributed by atoms with Crippen molar-refractivity contribution >= 4 is 11.7 Å². The lowest BCUT2D eigenvalue weighted by molar-refractivity contribution is -0.132. The molecule has 0 radical (unpaired) electrons. The first-order chi connectivity index (χ1) is 11.7. The minimum Gasteiger partial charge on any atom is -0.365 e. The van der Waals surface area contributed by atoms with Crippen LogP contribution < -0.4 is 5.32 Å². The molecule has 6 nitrogen and oxygen atoms in total. The van der Waals surface area contributed by atoms with E-state index in [1.165, 1.54) is 5.56 Å². The summed E-state index contributed by atoms with van der Waals surface area (Å²) in [5.74, 6) is 1.82. The van der Waals surface area contributed by atoms with Gasteiger partial charge < -0.3 is 10.2 Å². The zero-order valence-electron chi connectivity index (χ0n) is 13.8. The fraction of sp³-hybridized carbons (Fsp3) is 0.444. The minimum absolute atomic E-state index is 0.218. The number of hydrogen-bond acceptors (Lipinski definition) is 5. The third-order valence-corrected chi connectivity index (χ3v) is 4.79. The van der Waals surface area contributed by atoms with Crippen molar-refractivity contribution in [2.75, 3.05) is 18.9 Å². The van der Waals surface area contributed by atoms with Crippen molar-refractivity contribution < 1.29 is 4.79 Å². The van der Waals surface area contributed by atoms with Crippen LogP contribution in [0.15, 0.2) is 24.4 Å². The summed E-state index contributed by atoms with van der Waals surface area (Å²) in [4.78, 5) is 27.3. The van der Waals surface area contributed by atoms with Crippen LogP contribution in [0.1, 0.15) is 30.5 Å². The Labute approximate surface area is 141 Å². The normalized spacial score (nSPS) is 20.1. The zero-order chi connectivity index (χ0) is 16.5. The molecular formula is C18H21N5O. The molecule has 1 atom stereocenters. The Morgan fingerprint density at radius 1 is 1.21 bits per heavy atom. The number of anilines is 1. The molecule has 124 valence electrons. The number of hydrogen-bond donors (Lipinski definition) is 1. The summed E-state index contributed by atoms with van der Waals surface area (Å²) in [6, 6.07) is 6.02. The predicted molar refractivity (Wildman–Crippen MR) is 91.6 cm³/mol. The van der Waals surface area contributed by atoms with Crippen LogP contribution in [0.25, 0.3) is 11.5 Å². The molecule has 0 bridgehead atoms. The van der Waals surface area contributed by atoms with Crippen LogP contribution in [0.4, 0.5) is 5.82 Å². The number of likely N-dealkylation sites (tertiary alicyclic amines) is 1. The molecule has 1 aliphatic heterocycles. The summed E-state index contributed by atoms with van der Waals surface area (Å²) < 4.78 is 0. The molecular weight excluding hydrogens is 302 g/mol. The summed E-state index contributed by atoms with van der Waals surface area (Å²) in [6.45, 7) is 0.719. The number of amides is 1. The number of rotatable bonds is 3. The molecule has 0 saturated carbocycles. The smallest absolute Gasteiger partial charge is 0.222 e. The van der Waals surface area contributed by atoms with E-state index in [0.29, 0.717) is 12.2 Å². The van der Waals surface area contributed by atoms with Crippen molar-refractivity contribution in [2.45, 2.75) is 38.1 Å². The van der Waals surface area contributed by atoms with Crippen molar-refractivity contribution in [1.29, 1.82) is 0 Å². The van der Waals surface area contributed by atoms with Gasteiger partial charge in [-0.3, -0.25) is 9.78 Å². The lowest BCUT2D eigenvalue weighted by Crippen LogP contribution is -2.43. The van der Waals surface area contributed by atoms with Gasteiger partial charge in [0.1, 0.15) is 11.5 Å². The van der Waals surface area contributed by atoms with Gasteiger partial charge in [-0.15, -0.1) is 0 Å². The summed E-state index contributed by atoms with van der Waals surface area (Å²) in [5, 5.41) is 3.57. The Bertz CT molecular complexity index is 762. The highest BCUT2D eigenvalue weighted by molar-refractivity contribution is 5.77. The number of carbonyl (C=O) groups excluding carboxylic acids is 1. The number of fused-ring (bicyclic) bond motifs is 1. The molecule has 0 spiro atoms. The molecule has 24 heavy (non-hydrogen) atoms. The van der Waals surface area contributed by atoms with E-state index in [0.717, 1.165) is 49.4 Å². The minimum atomic E-state index is 0.218. The highest BCUT2D eigenvalue weighted by Gasteiger charge is 2.26. The van der Waals surface area contributed by atoms with Crippen molar-refractivity contribution in [3.8, 4) is 11.5 Å². The number of aryl methyl sites for hydroxylation is 1. The molecule has 4 rings (SSSR count). The van der Waals surface area contributed by atoms with E-state index in [-0.39, 0.29) is 11.9 Å². The van der Waals surface area contributed by atoms with Gasteiger partial charge in [0.15, 0.2) is 5.82 Å². The van der Waals surface area contributed by atoms with Crippen LogP contribution in [0, 0.1) is 0 Å². The lowest BCUT2D eigenvalue weighted by atomic mass is 10.1. The molecule has 2 aromatic heterocycles. The average Bonchev–Trinajstić information content (AvgIpc) is 3.08. The first-order valence-electron chi connectivity index (χ1n) is 8.52. The maximum Gasteiger partial charge on any atom is 0.222 e. The molecule has 1 unspecified atom stereocenters. The number of nitrogens with zero attached hydrogens (tertiary/aromatic N) is 4. The van der Waals surface area contributed by atoms with E-state index < -0.39 is 0 Å². The van der Waals surface area contributed by atoms with Crippen molar-refractivity contribution in [2.24, 2.45) is 0 Å². The first kappa shape index (κ1) is 15.1. The summed E-state index contributed by atoms with van der Waals surface area (Å²) in [6.07, 6.45) is 6.33. The number of pyridine rings is 1. The quantitative estimate of drug-likeness (QED) is 0.936. The van der Waals surface area contributed by atoms with Crippen LogP contribution >= 0.6 is 0 Å². The maximum atomic E-state index is 11.7. The molecule has 1 fully saturated rings. The lowest BCUT2D eigenvalue weighted by Gasteiger charge is -2.31. The van der Waals surface area contributed by atoms with Crippen LogP contribution in [0.3, 0.4) is 0 Å². The highest BCUT2D eigenvalue weighted by atomic mass is 16.2. The van der Waals surface area contributed by atoms with Crippen molar-refractivity contribution in [3.63, 3.8) is 0 Å². The Kier molecular flexibility index (Phi) is 3.88. The van der Waals surface area contributed by atoms with Gasteiger partial charge in [-0.1, -0.05) is 6.07 Å². The van der Waals surface area contributed by atoms with Gasteiger partial charge >= 0.3 is 0 Å². The van der Waals surface area contributed by atoms with Gasteiger partial charge in [-0.2, -0.15) is 0 Å². The molecule has 2 aromatic rings. The SMILES string of the molecule is CN1CC(Nc2nc(-c3ccccn3)nc3c2CCC3)CCC1=O. The summed E-state index contributed by atoms with van der Waals surface area (Å²) in [7, 11) is 1.86. The number of aromatic nitrogens is 3. The molecule has 1 saturated heterocycles. The topological polar surface area (TPSA) is 71.0 Å². The monoisotopic (exact) mass is 323 g/mol. The van der Waals surface area contributed by atoms with E-state index in [9.17, 15) is 4.79 Å². The fourth-order valence-electron chi connectivity index (χ4n) is 3.48. The van der Waals surface area contributed by atoms with Crippen LogP contribution in [-0.2, 0) is 17.6 Å². The Morgan fingerprint density at radius 2 is 2.12 bits per heavy atom. The number of nitrogens with one attached hydrogen (secondary N) is 1. The Hall–Kier alpha value is -2.50. The number of likely N-dealkylation sites (N-methyl/N-ethyl adjacent to an activating group) is 1. The average molecular weight is 323 g/mol. The van der Waals surface area contributed by atoms with Gasteiger partial charge in [0.05, 0.1) is 0 Å². The van der Waals surface area contributed by atoms with Crippen LogP contribution in [-0.4, -0.2) is 45.4 Å². The molecule has 1 amide bonds. The number of piperidine rings is 1. The second-order valence-corrected chi connectivity index (χ2v) is 6.54. The van der Waals surface area contributed by atoms with Gasteiger partial charge in [0.2, 0.25) is 5.91 Å². The van der Waals surface area contributed by atoms with Gasteiger partial charge in [0, 0.05) is 43.5 Å². The van der Waals surface area contributed by atoms with E-state index in [4.69, 9.17) is 9.97 Å². The molecule has 0 aromatic carbocycles. The second kappa shape index (κ2) is 6.19. The van der Waals surface area contributed by atoms with E-state index in [2.05, 4.69) is 10.3 Å². The number of carbonyl (C=O) groups is 1. The van der Waals surface area contributed by atoms with Crippen molar-refractivity contribution in [1.82, 2.24) is 19.9 Å². The largest absolute Gasteiger partial charge is 0.365 e. The Morgan fingerprint density at radius 3 is 2.92 bits per heavy atom. The zero-order valence-corrected chi connectivity index (χ0v) is 13.8. The van der Waals surface area contributed by atoms with E-state index in [1.54, 1.807) is 11.1 Å². The van der Waals surface area contributed by atoms with Gasteiger partial charge in [-0.05, 0) is 37.8 Å². The third-order valence-electron chi connectivity index (χ3n) is 4.79. The third kappa shape index (κ3) is 2.84. The molecule has 6 heteroatoms. The van der Waals surface area contributed by atoms with E-state index in [1.807, 2.05) is 25.2 Å². The van der Waals surface area contributed by atoms with Crippen LogP contribution in [0.5, 0.6) is 0 Å². The van der Waals surface area contributed by atoms with Crippen molar-refractivity contribution in [3.05, 3.63) is 35.7 Å². The molecule has 1 N–H and O–H groups in total. The van der Waals surface area contributed by atoms with Gasteiger partial charge in [0.25, 0.3) is 0 Å². The van der Waals surface area contributed by atoms with Crippen LogP contribution in [0.2, 0.25) is 0 Å². The predicted octanol–water partition coefficient (Wildman–Crippen LogP) is 2.06. The second-order valence-electron chi connectivity index (χ2n) is 6.54. The Balaban J connectivity index is 1.65. The molecule has 1 aliphatic carbocycles. The maximum absolute atomic E-state index is 11.7. The highest BCUT2D eigenvalue weighted by Crippen LogP contribution is 2.29. The first-order valence-corrected chi connectivity index (χ1v) is 8.52.